The van der Waals surface area contributed by atoms with Crippen molar-refractivity contribution in [2.24, 2.45) is 29.4 Å². The highest BCUT2D eigenvalue weighted by Crippen LogP contribution is 2.41. The van der Waals surface area contributed by atoms with Crippen LogP contribution in [0.25, 0.3) is 11.0 Å². The highest BCUT2D eigenvalue weighted by Gasteiger charge is 2.47. The highest BCUT2D eigenvalue weighted by molar-refractivity contribution is 6.00. The summed E-state index contributed by atoms with van der Waals surface area (Å²) in [5.74, 6) is -0.745. The maximum absolute atomic E-state index is 14.0. The molecule has 0 spiro atoms. The molecule has 5 rings (SSSR count). The normalized spacial score (nSPS) is 24.5. The number of carbonyl (C=O) groups is 4. The lowest BCUT2D eigenvalue weighted by Crippen LogP contribution is -2.50. The standard InChI is InChI=1S/C34H46FN3O8/c1-20(2)45-34(42)44-19-43-33(41)29-17-24-16-25(12-13-28(24)46-29)37-31(39)30-26(21-6-4-3-5-7-21)14-15-38(30)32(40)23-10-8-22(9-11-23)27(36)18-35/h12-13,16-17,20-23,26-27,30H,3-11,14-15,18-19,36H2,1-2H3,(H,37,39)/t22-,23-,26-,27?,30-/m0/s1. The quantitative estimate of drug-likeness (QED) is 0.237. The number of alkyl halides is 1. The number of nitrogens with one attached hydrogen (secondary N) is 1. The molecule has 1 aromatic heterocycles. The number of hydrogen-bond donors (Lipinski definition) is 2. The van der Waals surface area contributed by atoms with Gasteiger partial charge in [0.25, 0.3) is 0 Å². The average molecular weight is 644 g/mol. The van der Waals surface area contributed by atoms with Gasteiger partial charge in [-0.05, 0) is 88.0 Å². The minimum absolute atomic E-state index is 0.0145. The van der Waals surface area contributed by atoms with Gasteiger partial charge < -0.3 is 34.6 Å². The van der Waals surface area contributed by atoms with Crippen molar-refractivity contribution in [1.29, 1.82) is 0 Å². The lowest BCUT2D eigenvalue weighted by molar-refractivity contribution is -0.142. The van der Waals surface area contributed by atoms with Crippen LogP contribution in [-0.4, -0.2) is 67.0 Å². The molecule has 11 nitrogen and oxygen atoms in total. The van der Waals surface area contributed by atoms with E-state index in [-0.39, 0.29) is 41.4 Å². The Balaban J connectivity index is 1.26. The van der Waals surface area contributed by atoms with E-state index < -0.39 is 37.7 Å². The Hall–Kier alpha value is -3.67. The molecule has 3 atom stereocenters. The van der Waals surface area contributed by atoms with Crippen LogP contribution >= 0.6 is 0 Å². The third kappa shape index (κ3) is 8.00. The summed E-state index contributed by atoms with van der Waals surface area (Å²) in [4.78, 5) is 53.7. The lowest BCUT2D eigenvalue weighted by Gasteiger charge is -2.36. The molecule has 46 heavy (non-hydrogen) atoms. The number of rotatable bonds is 10. The topological polar surface area (TPSA) is 150 Å². The number of esters is 1. The van der Waals surface area contributed by atoms with Gasteiger partial charge in [0, 0.05) is 29.6 Å². The lowest BCUT2D eigenvalue weighted by atomic mass is 9.76. The van der Waals surface area contributed by atoms with E-state index in [9.17, 15) is 23.6 Å². The molecule has 3 N–H and O–H groups in total. The summed E-state index contributed by atoms with van der Waals surface area (Å²) >= 11 is 0. The summed E-state index contributed by atoms with van der Waals surface area (Å²) in [5.41, 5.74) is 6.87. The zero-order valence-electron chi connectivity index (χ0n) is 26.7. The molecule has 3 fully saturated rings. The van der Waals surface area contributed by atoms with Crippen LogP contribution in [0.15, 0.2) is 28.7 Å². The predicted octanol–water partition coefficient (Wildman–Crippen LogP) is 5.95. The van der Waals surface area contributed by atoms with Crippen molar-refractivity contribution in [2.75, 3.05) is 25.3 Å². The van der Waals surface area contributed by atoms with Crippen molar-refractivity contribution in [1.82, 2.24) is 4.90 Å². The summed E-state index contributed by atoms with van der Waals surface area (Å²) in [6.07, 6.45) is 7.82. The summed E-state index contributed by atoms with van der Waals surface area (Å²) in [5, 5.41) is 3.61. The van der Waals surface area contributed by atoms with Crippen molar-refractivity contribution < 1.29 is 42.2 Å². The number of fused-ring (bicyclic) bond motifs is 1. The van der Waals surface area contributed by atoms with Gasteiger partial charge in [-0.1, -0.05) is 32.1 Å². The molecule has 1 saturated heterocycles. The smallest absolute Gasteiger partial charge is 0.449 e. The van der Waals surface area contributed by atoms with Crippen LogP contribution in [0.5, 0.6) is 0 Å². The Bertz CT molecular complexity index is 1380. The number of benzene rings is 1. The second kappa shape index (κ2) is 15.3. The summed E-state index contributed by atoms with van der Waals surface area (Å²) < 4.78 is 33.3. The van der Waals surface area contributed by atoms with Crippen molar-refractivity contribution in [2.45, 2.75) is 96.2 Å². The summed E-state index contributed by atoms with van der Waals surface area (Å²) in [6.45, 7) is 2.69. The molecule has 0 radical (unpaired) electrons. The van der Waals surface area contributed by atoms with E-state index in [1.165, 1.54) is 12.5 Å². The van der Waals surface area contributed by atoms with Gasteiger partial charge in [-0.25, -0.2) is 14.0 Å². The molecule has 2 saturated carbocycles. The predicted molar refractivity (Wildman–Crippen MR) is 167 cm³/mol. The molecule has 1 aromatic carbocycles. The molecule has 2 heterocycles. The molecule has 3 aliphatic rings. The van der Waals surface area contributed by atoms with Crippen LogP contribution in [0.1, 0.15) is 88.6 Å². The third-order valence-corrected chi connectivity index (χ3v) is 9.84. The molecule has 2 aliphatic carbocycles. The molecular weight excluding hydrogens is 597 g/mol. The van der Waals surface area contributed by atoms with Crippen LogP contribution in [0.2, 0.25) is 0 Å². The van der Waals surface area contributed by atoms with Gasteiger partial charge >= 0.3 is 12.1 Å². The van der Waals surface area contributed by atoms with Crippen molar-refractivity contribution in [3.8, 4) is 0 Å². The summed E-state index contributed by atoms with van der Waals surface area (Å²) in [7, 11) is 0. The number of nitrogens with two attached hydrogens (primary N) is 1. The fraction of sp³-hybridized carbons (Fsp3) is 0.647. The number of amides is 2. The Morgan fingerprint density at radius 2 is 1.74 bits per heavy atom. The number of likely N-dealkylation sites (tertiary alicyclic amines) is 1. The number of carbonyl (C=O) groups excluding carboxylic acids is 4. The average Bonchev–Trinajstić information content (AvgIpc) is 3.69. The van der Waals surface area contributed by atoms with Crippen LogP contribution in [0.3, 0.4) is 0 Å². The van der Waals surface area contributed by atoms with Crippen LogP contribution in [0, 0.1) is 23.7 Å². The fourth-order valence-corrected chi connectivity index (χ4v) is 7.48. The summed E-state index contributed by atoms with van der Waals surface area (Å²) in [6, 6.07) is 5.47. The first kappa shape index (κ1) is 33.7. The van der Waals surface area contributed by atoms with Gasteiger partial charge in [0.15, 0.2) is 0 Å². The minimum Gasteiger partial charge on any atom is -0.449 e. The monoisotopic (exact) mass is 643 g/mol. The molecule has 1 aliphatic heterocycles. The van der Waals surface area contributed by atoms with Gasteiger partial charge in [0.05, 0.1) is 6.10 Å². The zero-order chi connectivity index (χ0) is 32.8. The van der Waals surface area contributed by atoms with Gasteiger partial charge in [0.1, 0.15) is 18.3 Å². The fourth-order valence-electron chi connectivity index (χ4n) is 7.48. The van der Waals surface area contributed by atoms with Gasteiger partial charge in [0.2, 0.25) is 24.4 Å². The van der Waals surface area contributed by atoms with Gasteiger partial charge in [-0.3, -0.25) is 9.59 Å². The first-order valence-electron chi connectivity index (χ1n) is 16.6. The van der Waals surface area contributed by atoms with Gasteiger partial charge in [-0.2, -0.15) is 0 Å². The number of anilines is 1. The number of hydrogen-bond acceptors (Lipinski definition) is 9. The Labute approximate surface area is 268 Å². The highest BCUT2D eigenvalue weighted by atomic mass is 19.1. The molecule has 252 valence electrons. The maximum atomic E-state index is 14.0. The molecule has 1 unspecified atom stereocenters. The van der Waals surface area contributed by atoms with E-state index in [2.05, 4.69) is 5.32 Å². The number of ether oxygens (including phenoxy) is 3. The number of nitrogens with zero attached hydrogens (tertiary/aromatic N) is 1. The van der Waals surface area contributed by atoms with E-state index in [0.29, 0.717) is 42.0 Å². The molecule has 2 amide bonds. The molecule has 2 aromatic rings. The first-order chi connectivity index (χ1) is 22.1. The van der Waals surface area contributed by atoms with Crippen molar-refractivity contribution in [3.05, 3.63) is 30.0 Å². The Morgan fingerprint density at radius 3 is 2.43 bits per heavy atom. The second-order valence-electron chi connectivity index (χ2n) is 13.2. The molecule has 12 heteroatoms. The number of furan rings is 1. The molecular formula is C34H46FN3O8. The first-order valence-corrected chi connectivity index (χ1v) is 16.6. The Kier molecular flexibility index (Phi) is 11.2. The number of halogens is 1. The van der Waals surface area contributed by atoms with Crippen molar-refractivity contribution >= 4 is 40.6 Å². The minimum atomic E-state index is -0.952. The van der Waals surface area contributed by atoms with Gasteiger partial charge in [-0.15, -0.1) is 0 Å². The molecule has 0 bridgehead atoms. The SMILES string of the molecule is CC(C)OC(=O)OCOC(=O)c1cc2cc(NC(=O)[C@@H]3[C@H](C4CCCCC4)CCN3C(=O)[C@H]3CC[C@H](C(N)CF)CC3)ccc2o1. The Morgan fingerprint density at radius 1 is 1.00 bits per heavy atom. The van der Waals surface area contributed by atoms with Crippen LogP contribution in [0.4, 0.5) is 14.9 Å². The van der Waals surface area contributed by atoms with Crippen LogP contribution in [-0.2, 0) is 23.8 Å². The van der Waals surface area contributed by atoms with E-state index in [0.717, 1.165) is 44.9 Å². The maximum Gasteiger partial charge on any atom is 0.511 e. The van der Waals surface area contributed by atoms with E-state index >= 15 is 0 Å². The van der Waals surface area contributed by atoms with E-state index in [1.807, 2.05) is 0 Å². The van der Waals surface area contributed by atoms with Crippen molar-refractivity contribution in [3.63, 3.8) is 0 Å². The second-order valence-corrected chi connectivity index (χ2v) is 13.2. The van der Waals surface area contributed by atoms with E-state index in [1.54, 1.807) is 36.9 Å². The van der Waals surface area contributed by atoms with Crippen LogP contribution < -0.4 is 11.1 Å². The largest absolute Gasteiger partial charge is 0.511 e. The van der Waals surface area contributed by atoms with E-state index in [4.69, 9.17) is 24.4 Å². The third-order valence-electron chi connectivity index (χ3n) is 9.84. The zero-order valence-corrected chi connectivity index (χ0v) is 26.7.